The minimum Gasteiger partial charge on any atom is -0.373 e. The average Bonchev–Trinajstić information content (AvgIpc) is 2.68. The Morgan fingerprint density at radius 3 is 2.50 bits per heavy atom. The zero-order valence-corrected chi connectivity index (χ0v) is 11.5. The van der Waals surface area contributed by atoms with E-state index in [0.717, 1.165) is 30.2 Å². The number of nitrogens with one attached hydrogen (secondary N) is 1. The number of anilines is 1. The van der Waals surface area contributed by atoms with Gasteiger partial charge in [-0.25, -0.2) is 4.98 Å². The summed E-state index contributed by atoms with van der Waals surface area (Å²) in [5, 5.41) is 2.99. The fourth-order valence-corrected chi connectivity index (χ4v) is 2.40. The molecule has 4 nitrogen and oxygen atoms in total. The Hall–Kier alpha value is -1.58. The molecule has 0 saturated carbocycles. The van der Waals surface area contributed by atoms with E-state index in [1.807, 2.05) is 31.0 Å². The minimum absolute atomic E-state index is 0.119. The van der Waals surface area contributed by atoms with Gasteiger partial charge in [0.15, 0.2) is 0 Å². The van der Waals surface area contributed by atoms with Gasteiger partial charge in [-0.1, -0.05) is 13.8 Å². The SMILES string of the molecule is CNc1cc(C(=O)N2CC(C)C(C)C2)cc(C)n1. The predicted octanol–water partition coefficient (Wildman–Crippen LogP) is 2.16. The summed E-state index contributed by atoms with van der Waals surface area (Å²) in [7, 11) is 1.82. The van der Waals surface area contributed by atoms with Gasteiger partial charge in [-0.15, -0.1) is 0 Å². The molecule has 2 atom stereocenters. The number of rotatable bonds is 2. The number of hydrogen-bond acceptors (Lipinski definition) is 3. The molecule has 1 aliphatic heterocycles. The number of nitrogens with zero attached hydrogens (tertiary/aromatic N) is 2. The van der Waals surface area contributed by atoms with Crippen molar-refractivity contribution in [3.05, 3.63) is 23.4 Å². The number of aromatic nitrogens is 1. The van der Waals surface area contributed by atoms with Crippen LogP contribution in [0.3, 0.4) is 0 Å². The summed E-state index contributed by atoms with van der Waals surface area (Å²) >= 11 is 0. The van der Waals surface area contributed by atoms with Crippen LogP contribution in [-0.2, 0) is 0 Å². The Morgan fingerprint density at radius 2 is 1.94 bits per heavy atom. The van der Waals surface area contributed by atoms with E-state index in [4.69, 9.17) is 0 Å². The summed E-state index contributed by atoms with van der Waals surface area (Å²) in [6.45, 7) is 8.03. The Morgan fingerprint density at radius 1 is 1.33 bits per heavy atom. The molecule has 1 aromatic heterocycles. The first-order valence-electron chi connectivity index (χ1n) is 6.47. The molecular weight excluding hydrogens is 226 g/mol. The highest BCUT2D eigenvalue weighted by Gasteiger charge is 2.30. The average molecular weight is 247 g/mol. The quantitative estimate of drug-likeness (QED) is 0.871. The largest absolute Gasteiger partial charge is 0.373 e. The number of carbonyl (C=O) groups is 1. The number of carbonyl (C=O) groups excluding carboxylic acids is 1. The van der Waals surface area contributed by atoms with E-state index in [-0.39, 0.29) is 5.91 Å². The van der Waals surface area contributed by atoms with E-state index in [2.05, 4.69) is 24.1 Å². The zero-order chi connectivity index (χ0) is 13.3. The third kappa shape index (κ3) is 2.47. The molecule has 2 unspecified atom stereocenters. The third-order valence-electron chi connectivity index (χ3n) is 3.73. The third-order valence-corrected chi connectivity index (χ3v) is 3.73. The van der Waals surface area contributed by atoms with Crippen LogP contribution in [0.25, 0.3) is 0 Å². The molecule has 0 aliphatic carbocycles. The summed E-state index contributed by atoms with van der Waals surface area (Å²) in [6, 6.07) is 3.68. The van der Waals surface area contributed by atoms with Gasteiger partial charge in [-0.2, -0.15) is 0 Å². The fraction of sp³-hybridized carbons (Fsp3) is 0.571. The lowest BCUT2D eigenvalue weighted by Crippen LogP contribution is -2.29. The smallest absolute Gasteiger partial charge is 0.254 e. The van der Waals surface area contributed by atoms with Crippen LogP contribution in [0.2, 0.25) is 0 Å². The number of hydrogen-bond donors (Lipinski definition) is 1. The maximum Gasteiger partial charge on any atom is 0.254 e. The van der Waals surface area contributed by atoms with Gasteiger partial charge < -0.3 is 10.2 Å². The highest BCUT2D eigenvalue weighted by atomic mass is 16.2. The Kier molecular flexibility index (Phi) is 3.55. The van der Waals surface area contributed by atoms with Crippen molar-refractivity contribution in [2.75, 3.05) is 25.5 Å². The van der Waals surface area contributed by atoms with Crippen LogP contribution in [0.15, 0.2) is 12.1 Å². The lowest BCUT2D eigenvalue weighted by Gasteiger charge is -2.16. The second-order valence-corrected chi connectivity index (χ2v) is 5.30. The molecule has 0 spiro atoms. The van der Waals surface area contributed by atoms with E-state index in [1.165, 1.54) is 0 Å². The van der Waals surface area contributed by atoms with Gasteiger partial charge in [0.1, 0.15) is 5.82 Å². The monoisotopic (exact) mass is 247 g/mol. The van der Waals surface area contributed by atoms with Crippen molar-refractivity contribution in [3.8, 4) is 0 Å². The van der Waals surface area contributed by atoms with Crippen LogP contribution in [-0.4, -0.2) is 35.9 Å². The van der Waals surface area contributed by atoms with Crippen LogP contribution in [0, 0.1) is 18.8 Å². The summed E-state index contributed by atoms with van der Waals surface area (Å²) in [5.41, 5.74) is 1.60. The molecule has 1 amide bonds. The lowest BCUT2D eigenvalue weighted by molar-refractivity contribution is 0.0785. The second-order valence-electron chi connectivity index (χ2n) is 5.30. The van der Waals surface area contributed by atoms with E-state index in [0.29, 0.717) is 11.8 Å². The van der Waals surface area contributed by atoms with Crippen LogP contribution < -0.4 is 5.32 Å². The van der Waals surface area contributed by atoms with Crippen molar-refractivity contribution >= 4 is 11.7 Å². The Balaban J connectivity index is 2.21. The van der Waals surface area contributed by atoms with Crippen molar-refractivity contribution in [2.24, 2.45) is 11.8 Å². The van der Waals surface area contributed by atoms with Crippen LogP contribution in [0.1, 0.15) is 29.9 Å². The molecule has 0 aromatic carbocycles. The molecule has 1 aromatic rings. The van der Waals surface area contributed by atoms with Gasteiger partial charge in [0, 0.05) is 31.4 Å². The molecule has 1 N–H and O–H groups in total. The van der Waals surface area contributed by atoms with Crippen LogP contribution in [0.5, 0.6) is 0 Å². The van der Waals surface area contributed by atoms with Crippen molar-refractivity contribution in [3.63, 3.8) is 0 Å². The van der Waals surface area contributed by atoms with Crippen molar-refractivity contribution in [2.45, 2.75) is 20.8 Å². The molecular formula is C14H21N3O. The molecule has 0 bridgehead atoms. The molecule has 18 heavy (non-hydrogen) atoms. The fourth-order valence-electron chi connectivity index (χ4n) is 2.40. The molecule has 2 rings (SSSR count). The molecule has 2 heterocycles. The molecule has 1 fully saturated rings. The second kappa shape index (κ2) is 4.96. The maximum absolute atomic E-state index is 12.4. The van der Waals surface area contributed by atoms with E-state index < -0.39 is 0 Å². The maximum atomic E-state index is 12.4. The molecule has 98 valence electrons. The first kappa shape index (κ1) is 12.9. The Labute approximate surface area is 108 Å². The lowest BCUT2D eigenvalue weighted by atomic mass is 10.0. The predicted molar refractivity (Wildman–Crippen MR) is 72.8 cm³/mol. The molecule has 4 heteroatoms. The molecule has 1 saturated heterocycles. The zero-order valence-electron chi connectivity index (χ0n) is 11.5. The van der Waals surface area contributed by atoms with Crippen LogP contribution in [0.4, 0.5) is 5.82 Å². The summed E-state index contributed by atoms with van der Waals surface area (Å²) in [5.74, 6) is 2.04. The highest BCUT2D eigenvalue weighted by Crippen LogP contribution is 2.24. The molecule has 1 aliphatic rings. The number of amides is 1. The van der Waals surface area contributed by atoms with E-state index in [1.54, 1.807) is 0 Å². The number of pyridine rings is 1. The van der Waals surface area contributed by atoms with Crippen LogP contribution >= 0.6 is 0 Å². The van der Waals surface area contributed by atoms with Gasteiger partial charge in [-0.3, -0.25) is 4.79 Å². The van der Waals surface area contributed by atoms with Crippen molar-refractivity contribution in [1.82, 2.24) is 9.88 Å². The Bertz CT molecular complexity index is 448. The summed E-state index contributed by atoms with van der Waals surface area (Å²) in [6.07, 6.45) is 0. The number of aryl methyl sites for hydroxylation is 1. The van der Waals surface area contributed by atoms with Crippen molar-refractivity contribution in [1.29, 1.82) is 0 Å². The van der Waals surface area contributed by atoms with Crippen molar-refractivity contribution < 1.29 is 4.79 Å². The molecule has 0 radical (unpaired) electrons. The van der Waals surface area contributed by atoms with Gasteiger partial charge >= 0.3 is 0 Å². The van der Waals surface area contributed by atoms with Gasteiger partial charge in [0.25, 0.3) is 5.91 Å². The first-order chi connectivity index (χ1) is 8.51. The van der Waals surface area contributed by atoms with Gasteiger partial charge in [0.2, 0.25) is 0 Å². The minimum atomic E-state index is 0.119. The summed E-state index contributed by atoms with van der Waals surface area (Å²) in [4.78, 5) is 18.7. The van der Waals surface area contributed by atoms with Gasteiger partial charge in [-0.05, 0) is 30.9 Å². The highest BCUT2D eigenvalue weighted by molar-refractivity contribution is 5.95. The van der Waals surface area contributed by atoms with E-state index in [9.17, 15) is 4.79 Å². The topological polar surface area (TPSA) is 45.2 Å². The van der Waals surface area contributed by atoms with E-state index >= 15 is 0 Å². The normalized spacial score (nSPS) is 23.2. The summed E-state index contributed by atoms with van der Waals surface area (Å²) < 4.78 is 0. The number of likely N-dealkylation sites (tertiary alicyclic amines) is 1. The first-order valence-corrected chi connectivity index (χ1v) is 6.47. The van der Waals surface area contributed by atoms with Gasteiger partial charge in [0.05, 0.1) is 0 Å². The standard InChI is InChI=1S/C14H21N3O/c1-9-7-17(8-10(9)2)14(18)12-5-11(3)16-13(6-12)15-4/h5-6,9-10H,7-8H2,1-4H3,(H,15,16).